The Labute approximate surface area is 146 Å². The predicted octanol–water partition coefficient (Wildman–Crippen LogP) is 2.65. The summed E-state index contributed by atoms with van der Waals surface area (Å²) in [6.07, 6.45) is 6.67. The molecule has 24 heavy (non-hydrogen) atoms. The van der Waals surface area contributed by atoms with Crippen molar-refractivity contribution in [3.05, 3.63) is 39.8 Å². The SMILES string of the molecule is Cc1cnc(N2CCCC(C(=O)N3CCc4sccc4C3)C2)nc1. The second-order valence-corrected chi connectivity index (χ2v) is 7.73. The van der Waals surface area contributed by atoms with E-state index in [-0.39, 0.29) is 5.92 Å². The molecule has 0 N–H and O–H groups in total. The largest absolute Gasteiger partial charge is 0.340 e. The van der Waals surface area contributed by atoms with Crippen LogP contribution in [0.2, 0.25) is 0 Å². The number of fused-ring (bicyclic) bond motifs is 1. The Balaban J connectivity index is 1.44. The van der Waals surface area contributed by atoms with Crippen LogP contribution in [0.4, 0.5) is 5.95 Å². The van der Waals surface area contributed by atoms with Gasteiger partial charge in [-0.15, -0.1) is 11.3 Å². The van der Waals surface area contributed by atoms with Gasteiger partial charge in [0.2, 0.25) is 11.9 Å². The first-order valence-electron chi connectivity index (χ1n) is 8.58. The van der Waals surface area contributed by atoms with Crippen LogP contribution in [0.1, 0.15) is 28.8 Å². The van der Waals surface area contributed by atoms with Gasteiger partial charge in [-0.05, 0) is 48.8 Å². The molecule has 1 amide bonds. The van der Waals surface area contributed by atoms with Gasteiger partial charge in [0.15, 0.2) is 0 Å². The van der Waals surface area contributed by atoms with E-state index in [1.165, 1.54) is 10.4 Å². The summed E-state index contributed by atoms with van der Waals surface area (Å²) in [4.78, 5) is 27.5. The van der Waals surface area contributed by atoms with Gasteiger partial charge in [-0.3, -0.25) is 4.79 Å². The number of anilines is 1. The van der Waals surface area contributed by atoms with Gasteiger partial charge in [0.05, 0.1) is 5.92 Å². The summed E-state index contributed by atoms with van der Waals surface area (Å²) in [7, 11) is 0. The number of rotatable bonds is 2. The molecule has 4 rings (SSSR count). The van der Waals surface area contributed by atoms with Crippen molar-refractivity contribution in [1.29, 1.82) is 0 Å². The van der Waals surface area contributed by atoms with Crippen LogP contribution in [0.5, 0.6) is 0 Å². The molecular weight excluding hydrogens is 320 g/mol. The van der Waals surface area contributed by atoms with Crippen LogP contribution < -0.4 is 4.90 Å². The molecule has 0 aliphatic carbocycles. The van der Waals surface area contributed by atoms with Crippen LogP contribution >= 0.6 is 11.3 Å². The van der Waals surface area contributed by atoms with Crippen LogP contribution in [0.3, 0.4) is 0 Å². The molecule has 0 radical (unpaired) electrons. The van der Waals surface area contributed by atoms with Crippen LogP contribution in [0, 0.1) is 12.8 Å². The number of piperidine rings is 1. The minimum Gasteiger partial charge on any atom is -0.340 e. The highest BCUT2D eigenvalue weighted by Gasteiger charge is 2.31. The smallest absolute Gasteiger partial charge is 0.227 e. The number of nitrogens with zero attached hydrogens (tertiary/aromatic N) is 4. The van der Waals surface area contributed by atoms with Crippen molar-refractivity contribution in [3.63, 3.8) is 0 Å². The Kier molecular flexibility index (Phi) is 4.22. The Hall–Kier alpha value is -1.95. The summed E-state index contributed by atoms with van der Waals surface area (Å²) in [5.41, 5.74) is 2.39. The van der Waals surface area contributed by atoms with Gasteiger partial charge in [0.25, 0.3) is 0 Å². The van der Waals surface area contributed by atoms with Crippen molar-refractivity contribution in [2.75, 3.05) is 24.5 Å². The Morgan fingerprint density at radius 3 is 2.96 bits per heavy atom. The highest BCUT2D eigenvalue weighted by atomic mass is 32.1. The van der Waals surface area contributed by atoms with E-state index in [0.717, 1.165) is 57.0 Å². The Morgan fingerprint density at radius 1 is 1.29 bits per heavy atom. The summed E-state index contributed by atoms with van der Waals surface area (Å²) in [5, 5.41) is 2.13. The molecule has 1 fully saturated rings. The van der Waals surface area contributed by atoms with Crippen molar-refractivity contribution in [2.45, 2.75) is 32.7 Å². The van der Waals surface area contributed by atoms with Gasteiger partial charge < -0.3 is 9.80 Å². The van der Waals surface area contributed by atoms with Crippen molar-refractivity contribution >= 4 is 23.2 Å². The average molecular weight is 342 g/mol. The van der Waals surface area contributed by atoms with Crippen molar-refractivity contribution in [3.8, 4) is 0 Å². The number of carbonyl (C=O) groups is 1. The van der Waals surface area contributed by atoms with E-state index in [0.29, 0.717) is 5.91 Å². The molecule has 0 spiro atoms. The number of carbonyl (C=O) groups excluding carboxylic acids is 1. The maximum Gasteiger partial charge on any atom is 0.227 e. The van der Waals surface area contributed by atoms with Crippen LogP contribution in [0.25, 0.3) is 0 Å². The van der Waals surface area contributed by atoms with Gasteiger partial charge in [-0.2, -0.15) is 0 Å². The third-order valence-corrected chi connectivity index (χ3v) is 5.96. The molecule has 126 valence electrons. The summed E-state index contributed by atoms with van der Waals surface area (Å²) in [6, 6.07) is 2.16. The number of aromatic nitrogens is 2. The van der Waals surface area contributed by atoms with Gasteiger partial charge >= 0.3 is 0 Å². The fraction of sp³-hybridized carbons (Fsp3) is 0.500. The maximum atomic E-state index is 13.0. The lowest BCUT2D eigenvalue weighted by atomic mass is 9.95. The Morgan fingerprint density at radius 2 is 2.12 bits per heavy atom. The van der Waals surface area contributed by atoms with Crippen LogP contribution in [-0.2, 0) is 17.8 Å². The molecule has 1 saturated heterocycles. The van der Waals surface area contributed by atoms with Gasteiger partial charge in [-0.25, -0.2) is 9.97 Å². The summed E-state index contributed by atoms with van der Waals surface area (Å²) >= 11 is 1.81. The van der Waals surface area contributed by atoms with E-state index in [4.69, 9.17) is 0 Å². The first-order chi connectivity index (χ1) is 11.7. The van der Waals surface area contributed by atoms with E-state index in [1.54, 1.807) is 0 Å². The summed E-state index contributed by atoms with van der Waals surface area (Å²) < 4.78 is 0. The number of aryl methyl sites for hydroxylation is 1. The molecule has 2 aliphatic heterocycles. The van der Waals surface area contributed by atoms with E-state index in [1.807, 2.05) is 35.6 Å². The second-order valence-electron chi connectivity index (χ2n) is 6.72. The maximum absolute atomic E-state index is 13.0. The lowest BCUT2D eigenvalue weighted by molar-refractivity contribution is -0.136. The van der Waals surface area contributed by atoms with Crippen molar-refractivity contribution < 1.29 is 4.79 Å². The molecule has 0 aromatic carbocycles. The molecule has 4 heterocycles. The number of amides is 1. The van der Waals surface area contributed by atoms with E-state index < -0.39 is 0 Å². The van der Waals surface area contributed by atoms with Crippen LogP contribution in [0.15, 0.2) is 23.8 Å². The first kappa shape index (κ1) is 15.6. The summed E-state index contributed by atoms with van der Waals surface area (Å²) in [6.45, 7) is 5.27. The lowest BCUT2D eigenvalue weighted by Gasteiger charge is -2.36. The van der Waals surface area contributed by atoms with E-state index >= 15 is 0 Å². The third-order valence-electron chi connectivity index (χ3n) is 4.94. The van der Waals surface area contributed by atoms with Crippen molar-refractivity contribution in [1.82, 2.24) is 14.9 Å². The molecule has 2 aliphatic rings. The normalized spacial score (nSPS) is 20.8. The Bertz CT molecular complexity index is 727. The zero-order valence-corrected chi connectivity index (χ0v) is 14.8. The molecule has 2 aromatic heterocycles. The molecule has 0 bridgehead atoms. The first-order valence-corrected chi connectivity index (χ1v) is 9.46. The zero-order valence-electron chi connectivity index (χ0n) is 13.9. The monoisotopic (exact) mass is 342 g/mol. The third kappa shape index (κ3) is 3.02. The van der Waals surface area contributed by atoms with Gasteiger partial charge in [0.1, 0.15) is 0 Å². The van der Waals surface area contributed by atoms with Gasteiger partial charge in [-0.1, -0.05) is 0 Å². The molecular formula is C18H22N4OS. The zero-order chi connectivity index (χ0) is 16.5. The molecule has 1 unspecified atom stereocenters. The van der Waals surface area contributed by atoms with Crippen LogP contribution in [-0.4, -0.2) is 40.4 Å². The fourth-order valence-electron chi connectivity index (χ4n) is 3.60. The lowest BCUT2D eigenvalue weighted by Crippen LogP contribution is -2.46. The average Bonchev–Trinajstić information content (AvgIpc) is 3.09. The second kappa shape index (κ2) is 6.51. The molecule has 6 heteroatoms. The highest BCUT2D eigenvalue weighted by Crippen LogP contribution is 2.27. The fourth-order valence-corrected chi connectivity index (χ4v) is 4.49. The molecule has 1 atom stereocenters. The summed E-state index contributed by atoms with van der Waals surface area (Å²) in [5.74, 6) is 1.10. The number of hydrogen-bond donors (Lipinski definition) is 0. The minimum absolute atomic E-state index is 0.0591. The number of thiophene rings is 1. The quantitative estimate of drug-likeness (QED) is 0.842. The molecule has 0 saturated carbocycles. The number of hydrogen-bond acceptors (Lipinski definition) is 5. The standard InChI is InChI=1S/C18H22N4OS/c1-13-9-19-18(20-10-13)22-6-2-3-15(12-22)17(23)21-7-4-16-14(11-21)5-8-24-16/h5,8-10,15H,2-4,6-7,11-12H2,1H3. The highest BCUT2D eigenvalue weighted by molar-refractivity contribution is 7.10. The minimum atomic E-state index is 0.0591. The molecule has 2 aromatic rings. The van der Waals surface area contributed by atoms with Crippen molar-refractivity contribution in [2.24, 2.45) is 5.92 Å². The van der Waals surface area contributed by atoms with E-state index in [2.05, 4.69) is 26.3 Å². The van der Waals surface area contributed by atoms with Gasteiger partial charge in [0, 0.05) is 43.4 Å². The van der Waals surface area contributed by atoms with E-state index in [9.17, 15) is 4.79 Å². The topological polar surface area (TPSA) is 49.3 Å². The predicted molar refractivity (Wildman–Crippen MR) is 95.1 cm³/mol. The molecule has 5 nitrogen and oxygen atoms in total.